The molecule has 2 aromatic heterocycles. The van der Waals surface area contributed by atoms with Crippen LogP contribution in [0.4, 0.5) is 10.8 Å². The number of fused-ring (bicyclic) bond motifs is 1. The Morgan fingerprint density at radius 2 is 1.59 bits per heavy atom. The number of nitrogens with zero attached hydrogens (tertiary/aromatic N) is 6. The van der Waals surface area contributed by atoms with Gasteiger partial charge in [0.05, 0.1) is 17.4 Å². The van der Waals surface area contributed by atoms with Crippen molar-refractivity contribution in [2.75, 3.05) is 56.0 Å². The zero-order chi connectivity index (χ0) is 45.8. The van der Waals surface area contributed by atoms with E-state index in [9.17, 15) is 32.4 Å². The van der Waals surface area contributed by atoms with Gasteiger partial charge in [0.15, 0.2) is 5.13 Å². The second-order valence-electron chi connectivity index (χ2n) is 16.7. The average Bonchev–Trinajstić information content (AvgIpc) is 3.94. The summed E-state index contributed by atoms with van der Waals surface area (Å²) in [4.78, 5) is 78.7. The number of benzene rings is 3. The van der Waals surface area contributed by atoms with Crippen molar-refractivity contribution in [3.63, 3.8) is 0 Å². The Hall–Kier alpha value is -6.78. The predicted molar refractivity (Wildman–Crippen MR) is 247 cm³/mol. The molecule has 5 amide bonds. The van der Waals surface area contributed by atoms with Gasteiger partial charge in [-0.3, -0.25) is 34.2 Å². The molecule has 3 saturated heterocycles. The number of nitrogens with one attached hydrogen (secondary N) is 3. The first-order valence-electron chi connectivity index (χ1n) is 21.9. The molecule has 0 aliphatic carbocycles. The molecule has 0 saturated carbocycles. The first-order valence-corrected chi connectivity index (χ1v) is 24.2. The van der Waals surface area contributed by atoms with Gasteiger partial charge in [0.25, 0.3) is 5.91 Å². The van der Waals surface area contributed by atoms with Crippen LogP contribution in [0.15, 0.2) is 108 Å². The van der Waals surface area contributed by atoms with Crippen LogP contribution in [-0.4, -0.2) is 114 Å². The van der Waals surface area contributed by atoms with Crippen LogP contribution in [0.2, 0.25) is 0 Å². The van der Waals surface area contributed by atoms with Gasteiger partial charge < -0.3 is 20.4 Å². The summed E-state index contributed by atoms with van der Waals surface area (Å²) in [5.74, 6) is 4.51. The molecule has 3 fully saturated rings. The highest BCUT2D eigenvalue weighted by atomic mass is 32.2. The summed E-state index contributed by atoms with van der Waals surface area (Å²) in [6.07, 6.45) is 5.19. The van der Waals surface area contributed by atoms with Crippen molar-refractivity contribution in [2.24, 2.45) is 0 Å². The van der Waals surface area contributed by atoms with Crippen molar-refractivity contribution in [3.05, 3.63) is 136 Å². The van der Waals surface area contributed by atoms with Crippen molar-refractivity contribution in [2.45, 2.75) is 55.1 Å². The number of likely N-dealkylation sites (tertiary alicyclic amines) is 1. The van der Waals surface area contributed by atoms with Gasteiger partial charge in [0.2, 0.25) is 33.7 Å². The maximum Gasteiger partial charge on any atom is 0.270 e. The number of carbonyl (C=O) groups excluding carboxylic acids is 5. The number of rotatable bonds is 10. The topological polar surface area (TPSA) is 194 Å². The van der Waals surface area contributed by atoms with Crippen LogP contribution in [-0.2, 0) is 35.7 Å². The third-order valence-electron chi connectivity index (χ3n) is 12.5. The number of sulfonamides is 1. The number of pyridine rings is 1. The highest BCUT2D eigenvalue weighted by Gasteiger charge is 2.43. The lowest BCUT2D eigenvalue weighted by atomic mass is 9.90. The molecule has 9 rings (SSSR count). The van der Waals surface area contributed by atoms with Gasteiger partial charge in [0, 0.05) is 92.9 Å². The van der Waals surface area contributed by atoms with E-state index >= 15 is 0 Å². The molecular weight excluding hydrogens is 879 g/mol. The van der Waals surface area contributed by atoms with Gasteiger partial charge >= 0.3 is 0 Å². The number of amides is 5. The van der Waals surface area contributed by atoms with E-state index in [0.717, 1.165) is 37.4 Å². The molecule has 2 unspecified atom stereocenters. The number of piperidine rings is 2. The molecule has 4 aliphatic rings. The van der Waals surface area contributed by atoms with E-state index in [1.807, 2.05) is 29.2 Å². The Morgan fingerprint density at radius 3 is 2.29 bits per heavy atom. The van der Waals surface area contributed by atoms with Crippen LogP contribution in [0.1, 0.15) is 75.9 Å². The van der Waals surface area contributed by atoms with Gasteiger partial charge in [-0.2, -0.15) is 4.31 Å². The van der Waals surface area contributed by atoms with E-state index in [-0.39, 0.29) is 52.7 Å². The molecule has 6 heterocycles. The van der Waals surface area contributed by atoms with Gasteiger partial charge in [-0.05, 0) is 72.4 Å². The van der Waals surface area contributed by atoms with Gasteiger partial charge in [-0.1, -0.05) is 60.4 Å². The molecule has 4 aliphatic heterocycles. The van der Waals surface area contributed by atoms with Crippen LogP contribution in [0.5, 0.6) is 0 Å². The van der Waals surface area contributed by atoms with Crippen LogP contribution in [0, 0.1) is 11.8 Å². The Kier molecular flexibility index (Phi) is 13.0. The molecule has 0 spiro atoms. The third kappa shape index (κ3) is 9.89. The fourth-order valence-electron chi connectivity index (χ4n) is 8.82. The maximum absolute atomic E-state index is 14.0. The number of carbonyl (C=O) groups is 5. The Morgan fingerprint density at radius 1 is 0.848 bits per heavy atom. The van der Waals surface area contributed by atoms with Crippen molar-refractivity contribution in [1.29, 1.82) is 0 Å². The molecule has 2 atom stereocenters. The maximum atomic E-state index is 14.0. The molecule has 66 heavy (non-hydrogen) atoms. The van der Waals surface area contributed by atoms with E-state index in [1.54, 1.807) is 66.2 Å². The number of hydrogen-bond acceptors (Lipinski definition) is 12. The van der Waals surface area contributed by atoms with Crippen LogP contribution < -0.4 is 20.9 Å². The predicted octanol–water partition coefficient (Wildman–Crippen LogP) is 3.89. The Balaban J connectivity index is 0.733. The minimum absolute atomic E-state index is 0.0101. The molecular formula is C48H47N9O7S2. The molecule has 5 aromatic rings. The Bertz CT molecular complexity index is 2800. The van der Waals surface area contributed by atoms with E-state index < -0.39 is 22.0 Å². The quantitative estimate of drug-likeness (QED) is 0.136. The van der Waals surface area contributed by atoms with E-state index in [4.69, 9.17) is 0 Å². The normalized spacial score (nSPS) is 19.2. The third-order valence-corrected chi connectivity index (χ3v) is 15.0. The highest BCUT2D eigenvalue weighted by Crippen LogP contribution is 2.38. The average molecular weight is 926 g/mol. The molecule has 0 bridgehead atoms. The zero-order valence-corrected chi connectivity index (χ0v) is 37.5. The smallest absolute Gasteiger partial charge is 0.270 e. The SMILES string of the molecule is O=C1CCC(c2ccc(N3CCN(CC(=O)N4CCC(NC(=O)c5ccc(C#Cc6ccc7c(c6)S(=O)(=O)N(C(C(=O)Nc6nccs6)c6ccccc6)C7)cn5)CC4)CC3)cc2)C(=O)N1. The molecule has 3 N–H and O–H groups in total. The van der Waals surface area contributed by atoms with Gasteiger partial charge in [-0.15, -0.1) is 11.3 Å². The second kappa shape index (κ2) is 19.4. The number of piperazine rings is 1. The second-order valence-corrected chi connectivity index (χ2v) is 19.4. The fraction of sp³-hybridized carbons (Fsp3) is 0.312. The molecule has 0 radical (unpaired) electrons. The number of anilines is 2. The highest BCUT2D eigenvalue weighted by molar-refractivity contribution is 7.89. The largest absolute Gasteiger partial charge is 0.369 e. The Labute approximate surface area is 386 Å². The van der Waals surface area contributed by atoms with Crippen LogP contribution >= 0.6 is 11.3 Å². The van der Waals surface area contributed by atoms with E-state index in [2.05, 4.69) is 47.6 Å². The first kappa shape index (κ1) is 44.4. The summed E-state index contributed by atoms with van der Waals surface area (Å²) >= 11 is 1.24. The van der Waals surface area contributed by atoms with Crippen LogP contribution in [0.3, 0.4) is 0 Å². The van der Waals surface area contributed by atoms with Crippen molar-refractivity contribution in [1.82, 2.24) is 34.7 Å². The standard InChI is InChI=1S/C48H47N9O7S2/c58-42-17-15-39(45(60)52-42)34-11-13-38(14-12-34)55-25-23-54(24-26-55)31-43(59)56-21-18-37(19-22-56)51-46(61)40-16-9-33(29-50-40)7-6-32-8-10-36-30-57(66(63,64)41(36)28-32)44(35-4-2-1-3-5-35)47(62)53-48-49-20-27-65-48/h1-5,8-14,16,20,27-29,37,39,44H,15,17-19,21-26,30-31H2,(H,51,61)(H,49,53,62)(H,52,58,60). The van der Waals surface area contributed by atoms with Crippen LogP contribution in [0.25, 0.3) is 0 Å². The lowest BCUT2D eigenvalue weighted by Gasteiger charge is -2.38. The molecule has 16 nitrogen and oxygen atoms in total. The van der Waals surface area contributed by atoms with Gasteiger partial charge in [0.1, 0.15) is 11.7 Å². The minimum atomic E-state index is -4.08. The summed E-state index contributed by atoms with van der Waals surface area (Å²) in [7, 11) is -4.08. The summed E-state index contributed by atoms with van der Waals surface area (Å²) in [6.45, 7) is 4.48. The number of hydrogen-bond donors (Lipinski definition) is 3. The van der Waals surface area contributed by atoms with Crippen molar-refractivity contribution < 1.29 is 32.4 Å². The molecule has 18 heteroatoms. The number of thiazole rings is 1. The van der Waals surface area contributed by atoms with Gasteiger partial charge in [-0.25, -0.2) is 18.4 Å². The zero-order valence-electron chi connectivity index (χ0n) is 35.9. The van der Waals surface area contributed by atoms with E-state index in [0.29, 0.717) is 72.7 Å². The monoisotopic (exact) mass is 925 g/mol. The number of imide groups is 1. The lowest BCUT2D eigenvalue weighted by Crippen LogP contribution is -2.52. The minimum Gasteiger partial charge on any atom is -0.369 e. The lowest BCUT2D eigenvalue weighted by molar-refractivity contribution is -0.135. The van der Waals surface area contributed by atoms with Crippen molar-refractivity contribution in [3.8, 4) is 11.8 Å². The summed E-state index contributed by atoms with van der Waals surface area (Å²) in [5, 5.41) is 10.3. The summed E-state index contributed by atoms with van der Waals surface area (Å²) in [6, 6.07) is 23.8. The van der Waals surface area contributed by atoms with Crippen molar-refractivity contribution >= 4 is 61.7 Å². The molecule has 3 aromatic carbocycles. The fourth-order valence-corrected chi connectivity index (χ4v) is 11.1. The van der Waals surface area contributed by atoms with E-state index in [1.165, 1.54) is 27.9 Å². The summed E-state index contributed by atoms with van der Waals surface area (Å²) in [5.41, 5.74) is 4.28. The number of aromatic nitrogens is 2. The molecule has 338 valence electrons. The first-order chi connectivity index (χ1) is 32.0. The summed E-state index contributed by atoms with van der Waals surface area (Å²) < 4.78 is 29.2.